The van der Waals surface area contributed by atoms with Crippen molar-refractivity contribution in [2.75, 3.05) is 20.2 Å². The van der Waals surface area contributed by atoms with Gasteiger partial charge >= 0.3 is 0 Å². The van der Waals surface area contributed by atoms with Crippen LogP contribution in [0.1, 0.15) is 48.0 Å². The summed E-state index contributed by atoms with van der Waals surface area (Å²) in [7, 11) is 1.59. The topological polar surface area (TPSA) is 64.3 Å². The zero-order valence-electron chi connectivity index (χ0n) is 13.1. The summed E-state index contributed by atoms with van der Waals surface area (Å²) in [5.74, 6) is 0.539. The summed E-state index contributed by atoms with van der Waals surface area (Å²) < 4.78 is 5.28. The van der Waals surface area contributed by atoms with E-state index in [2.05, 4.69) is 5.32 Å². The maximum Gasteiger partial charge on any atom is 0.255 e. The Balaban J connectivity index is 2.06. The second-order valence-electron chi connectivity index (χ2n) is 6.15. The highest BCUT2D eigenvalue weighted by Gasteiger charge is 2.31. The normalized spacial score (nSPS) is 17.3. The molecule has 0 aromatic heterocycles. The molecule has 0 spiro atoms. The summed E-state index contributed by atoms with van der Waals surface area (Å²) in [4.78, 5) is 12.4. The minimum atomic E-state index is -0.0750. The molecular weight excluding hydrogens is 264 g/mol. The van der Waals surface area contributed by atoms with E-state index in [9.17, 15) is 4.79 Å². The van der Waals surface area contributed by atoms with Gasteiger partial charge in [-0.05, 0) is 43.9 Å². The maximum atomic E-state index is 12.4. The zero-order chi connectivity index (χ0) is 15.3. The van der Waals surface area contributed by atoms with Gasteiger partial charge in [-0.3, -0.25) is 4.79 Å². The summed E-state index contributed by atoms with van der Waals surface area (Å²) in [5, 5.41) is 3.06. The Morgan fingerprint density at radius 2 is 2.05 bits per heavy atom. The molecule has 1 aliphatic carbocycles. The molecule has 1 aliphatic rings. The van der Waals surface area contributed by atoms with Crippen molar-refractivity contribution in [2.24, 2.45) is 11.1 Å². The summed E-state index contributed by atoms with van der Waals surface area (Å²) >= 11 is 0. The average Bonchev–Trinajstić information content (AvgIpc) is 2.53. The van der Waals surface area contributed by atoms with Crippen molar-refractivity contribution in [3.05, 3.63) is 29.3 Å². The van der Waals surface area contributed by atoms with Crippen molar-refractivity contribution in [1.82, 2.24) is 5.32 Å². The van der Waals surface area contributed by atoms with Crippen molar-refractivity contribution in [1.29, 1.82) is 0 Å². The Bertz CT molecular complexity index is 494. The lowest BCUT2D eigenvalue weighted by Gasteiger charge is -2.36. The molecule has 0 saturated heterocycles. The lowest BCUT2D eigenvalue weighted by atomic mass is 9.74. The Morgan fingerprint density at radius 3 is 2.67 bits per heavy atom. The van der Waals surface area contributed by atoms with Crippen molar-refractivity contribution < 1.29 is 9.53 Å². The summed E-state index contributed by atoms with van der Waals surface area (Å²) in [6.07, 6.45) is 5.91. The van der Waals surface area contributed by atoms with Crippen molar-refractivity contribution >= 4 is 5.91 Å². The third-order valence-corrected chi connectivity index (χ3v) is 4.57. The van der Waals surface area contributed by atoms with Crippen LogP contribution in [-0.4, -0.2) is 26.1 Å². The van der Waals surface area contributed by atoms with Gasteiger partial charge in [-0.25, -0.2) is 0 Å². The number of carbonyl (C=O) groups is 1. The first kappa shape index (κ1) is 15.8. The minimum absolute atomic E-state index is 0.0744. The number of hydrogen-bond donors (Lipinski definition) is 2. The van der Waals surface area contributed by atoms with Crippen LogP contribution >= 0.6 is 0 Å². The van der Waals surface area contributed by atoms with E-state index in [0.29, 0.717) is 24.4 Å². The van der Waals surface area contributed by atoms with E-state index < -0.39 is 0 Å². The van der Waals surface area contributed by atoms with Gasteiger partial charge in [0.25, 0.3) is 5.91 Å². The molecule has 0 heterocycles. The first-order valence-electron chi connectivity index (χ1n) is 7.73. The second kappa shape index (κ2) is 6.94. The van der Waals surface area contributed by atoms with Crippen molar-refractivity contribution in [3.8, 4) is 5.75 Å². The zero-order valence-corrected chi connectivity index (χ0v) is 13.1. The van der Waals surface area contributed by atoms with Gasteiger partial charge in [0.1, 0.15) is 5.75 Å². The van der Waals surface area contributed by atoms with E-state index >= 15 is 0 Å². The van der Waals surface area contributed by atoms with Gasteiger partial charge in [-0.15, -0.1) is 0 Å². The third kappa shape index (κ3) is 3.76. The molecule has 4 heteroatoms. The number of methoxy groups -OCH3 is 1. The number of amides is 1. The fraction of sp³-hybridized carbons (Fsp3) is 0.588. The van der Waals surface area contributed by atoms with E-state index in [4.69, 9.17) is 10.5 Å². The predicted molar refractivity (Wildman–Crippen MR) is 84.6 cm³/mol. The largest absolute Gasteiger partial charge is 0.496 e. The van der Waals surface area contributed by atoms with Gasteiger partial charge in [0, 0.05) is 6.54 Å². The quantitative estimate of drug-likeness (QED) is 0.876. The van der Waals surface area contributed by atoms with Gasteiger partial charge in [0.15, 0.2) is 0 Å². The molecule has 0 radical (unpaired) electrons. The Labute approximate surface area is 127 Å². The summed E-state index contributed by atoms with van der Waals surface area (Å²) in [5.41, 5.74) is 7.69. The first-order valence-corrected chi connectivity index (χ1v) is 7.73. The highest BCUT2D eigenvalue weighted by atomic mass is 16.5. The van der Waals surface area contributed by atoms with Gasteiger partial charge in [0.05, 0.1) is 12.7 Å². The fourth-order valence-corrected chi connectivity index (χ4v) is 3.12. The summed E-state index contributed by atoms with van der Waals surface area (Å²) in [6, 6.07) is 5.64. The van der Waals surface area contributed by atoms with Gasteiger partial charge < -0.3 is 15.8 Å². The second-order valence-corrected chi connectivity index (χ2v) is 6.15. The van der Waals surface area contributed by atoms with Crippen LogP contribution in [-0.2, 0) is 0 Å². The molecule has 1 aromatic carbocycles. The smallest absolute Gasteiger partial charge is 0.255 e. The van der Waals surface area contributed by atoms with Crippen LogP contribution in [0.3, 0.4) is 0 Å². The Kier molecular flexibility index (Phi) is 5.23. The van der Waals surface area contributed by atoms with Gasteiger partial charge in [-0.2, -0.15) is 0 Å². The molecule has 2 rings (SSSR count). The molecule has 0 atom stereocenters. The average molecular weight is 290 g/mol. The van der Waals surface area contributed by atoms with Crippen LogP contribution in [0.25, 0.3) is 0 Å². The Hall–Kier alpha value is -1.55. The van der Waals surface area contributed by atoms with E-state index in [1.165, 1.54) is 19.3 Å². The van der Waals surface area contributed by atoms with Crippen LogP contribution in [0.5, 0.6) is 5.75 Å². The van der Waals surface area contributed by atoms with Crippen LogP contribution in [0.4, 0.5) is 0 Å². The van der Waals surface area contributed by atoms with Crippen LogP contribution in [0.2, 0.25) is 0 Å². The molecule has 1 fully saturated rings. The standard InChI is InChI=1S/C17H26N2O2/c1-13-6-7-15(21-2)14(10-13)16(20)19-12-17(11-18)8-4-3-5-9-17/h6-7,10H,3-5,8-9,11-12,18H2,1-2H3,(H,19,20). The van der Waals surface area contributed by atoms with E-state index in [1.54, 1.807) is 7.11 Å². The number of rotatable bonds is 5. The molecule has 4 nitrogen and oxygen atoms in total. The molecule has 21 heavy (non-hydrogen) atoms. The first-order chi connectivity index (χ1) is 10.1. The molecule has 1 saturated carbocycles. The number of nitrogens with one attached hydrogen (secondary N) is 1. The molecule has 0 aliphatic heterocycles. The SMILES string of the molecule is COc1ccc(C)cc1C(=O)NCC1(CN)CCCCC1. The number of carbonyl (C=O) groups excluding carboxylic acids is 1. The molecular formula is C17H26N2O2. The van der Waals surface area contributed by atoms with Crippen molar-refractivity contribution in [2.45, 2.75) is 39.0 Å². The molecule has 3 N–H and O–H groups in total. The Morgan fingerprint density at radius 1 is 1.33 bits per heavy atom. The highest BCUT2D eigenvalue weighted by molar-refractivity contribution is 5.97. The fourth-order valence-electron chi connectivity index (χ4n) is 3.12. The number of nitrogens with two attached hydrogens (primary N) is 1. The van der Waals surface area contributed by atoms with E-state index in [-0.39, 0.29) is 11.3 Å². The lowest BCUT2D eigenvalue weighted by molar-refractivity contribution is 0.0911. The van der Waals surface area contributed by atoms with Gasteiger partial charge in [0.2, 0.25) is 0 Å². The highest BCUT2D eigenvalue weighted by Crippen LogP contribution is 2.34. The number of aryl methyl sites for hydroxylation is 1. The molecule has 116 valence electrons. The van der Waals surface area contributed by atoms with Crippen molar-refractivity contribution in [3.63, 3.8) is 0 Å². The van der Waals surface area contributed by atoms with E-state index in [1.807, 2.05) is 25.1 Å². The molecule has 0 unspecified atom stereocenters. The molecule has 1 amide bonds. The monoisotopic (exact) mass is 290 g/mol. The predicted octanol–water partition coefficient (Wildman–Crippen LogP) is 2.64. The third-order valence-electron chi connectivity index (χ3n) is 4.57. The minimum Gasteiger partial charge on any atom is -0.496 e. The van der Waals surface area contributed by atoms with E-state index in [0.717, 1.165) is 18.4 Å². The van der Waals surface area contributed by atoms with Gasteiger partial charge in [-0.1, -0.05) is 30.9 Å². The molecule has 0 bridgehead atoms. The number of benzene rings is 1. The lowest BCUT2D eigenvalue weighted by Crippen LogP contribution is -2.43. The summed E-state index contributed by atoms with van der Waals surface area (Å²) in [6.45, 7) is 3.26. The molecule has 1 aromatic rings. The maximum absolute atomic E-state index is 12.4. The van der Waals surface area contributed by atoms with Crippen LogP contribution in [0, 0.1) is 12.3 Å². The van der Waals surface area contributed by atoms with Crippen LogP contribution in [0.15, 0.2) is 18.2 Å². The number of ether oxygens (including phenoxy) is 1. The van der Waals surface area contributed by atoms with Crippen LogP contribution < -0.4 is 15.8 Å². The number of hydrogen-bond acceptors (Lipinski definition) is 3.